The van der Waals surface area contributed by atoms with Crippen LogP contribution in [0.25, 0.3) is 0 Å². The van der Waals surface area contributed by atoms with Crippen molar-refractivity contribution in [2.24, 2.45) is 0 Å². The van der Waals surface area contributed by atoms with E-state index in [0.717, 1.165) is 29.9 Å². The van der Waals surface area contributed by atoms with Gasteiger partial charge < -0.3 is 9.64 Å². The topological polar surface area (TPSA) is 49.9 Å². The van der Waals surface area contributed by atoms with Crippen LogP contribution in [-0.2, 0) is 20.5 Å². The average molecular weight is 342 g/mol. The number of amides is 2. The van der Waals surface area contributed by atoms with Crippen LogP contribution in [0.2, 0.25) is 0 Å². The molecule has 8 heteroatoms. The lowest BCUT2D eigenvalue weighted by molar-refractivity contribution is -0.153. The number of rotatable bonds is 3. The molecule has 1 aliphatic heterocycles. The van der Waals surface area contributed by atoms with Gasteiger partial charge in [0.25, 0.3) is 5.91 Å². The SMILES string of the molecule is CC(=O)N(C1OCN(c2cccc(C(F)(F)F)c2)C1=O)C1(C)CC1. The Kier molecular flexibility index (Phi) is 3.82. The maximum Gasteiger partial charge on any atom is 0.416 e. The van der Waals surface area contributed by atoms with Crippen molar-refractivity contribution in [2.45, 2.75) is 44.6 Å². The first-order valence-electron chi connectivity index (χ1n) is 7.54. The van der Waals surface area contributed by atoms with E-state index in [4.69, 9.17) is 4.74 Å². The van der Waals surface area contributed by atoms with Gasteiger partial charge in [0.1, 0.15) is 6.73 Å². The van der Waals surface area contributed by atoms with E-state index in [9.17, 15) is 22.8 Å². The Balaban J connectivity index is 1.85. The minimum Gasteiger partial charge on any atom is -0.328 e. The Labute approximate surface area is 137 Å². The summed E-state index contributed by atoms with van der Waals surface area (Å²) in [5, 5.41) is 0. The van der Waals surface area contributed by atoms with Gasteiger partial charge >= 0.3 is 6.18 Å². The van der Waals surface area contributed by atoms with Gasteiger partial charge in [0, 0.05) is 18.2 Å². The van der Waals surface area contributed by atoms with Crippen molar-refractivity contribution in [3.05, 3.63) is 29.8 Å². The number of carbonyl (C=O) groups excluding carboxylic acids is 2. The van der Waals surface area contributed by atoms with Crippen LogP contribution in [0.5, 0.6) is 0 Å². The highest BCUT2D eigenvalue weighted by Crippen LogP contribution is 2.43. The lowest BCUT2D eigenvalue weighted by Gasteiger charge is -2.31. The van der Waals surface area contributed by atoms with Crippen LogP contribution in [0.3, 0.4) is 0 Å². The van der Waals surface area contributed by atoms with Crippen LogP contribution in [-0.4, -0.2) is 35.2 Å². The van der Waals surface area contributed by atoms with Gasteiger partial charge in [-0.1, -0.05) is 6.07 Å². The second-order valence-corrected chi connectivity index (χ2v) is 6.35. The summed E-state index contributed by atoms with van der Waals surface area (Å²) in [6.07, 6.45) is -4.05. The molecule has 0 aromatic heterocycles. The average Bonchev–Trinajstić information content (AvgIpc) is 3.12. The van der Waals surface area contributed by atoms with Crippen LogP contribution >= 0.6 is 0 Å². The Morgan fingerprint density at radius 3 is 2.58 bits per heavy atom. The quantitative estimate of drug-likeness (QED) is 0.849. The van der Waals surface area contributed by atoms with E-state index in [-0.39, 0.29) is 18.3 Å². The Bertz CT molecular complexity index is 685. The van der Waals surface area contributed by atoms with E-state index in [2.05, 4.69) is 0 Å². The number of nitrogens with zero attached hydrogens (tertiary/aromatic N) is 2. The first kappa shape index (κ1) is 16.8. The lowest BCUT2D eigenvalue weighted by Crippen LogP contribution is -2.50. The monoisotopic (exact) mass is 342 g/mol. The molecule has 1 aromatic carbocycles. The summed E-state index contributed by atoms with van der Waals surface area (Å²) in [5.74, 6) is -0.822. The van der Waals surface area contributed by atoms with Gasteiger partial charge in [-0.25, -0.2) is 0 Å². The molecule has 2 amide bonds. The number of carbonyl (C=O) groups is 2. The third kappa shape index (κ3) is 2.86. The molecular weight excluding hydrogens is 325 g/mol. The molecule has 130 valence electrons. The van der Waals surface area contributed by atoms with Crippen molar-refractivity contribution in [3.8, 4) is 0 Å². The molecule has 3 rings (SSSR count). The van der Waals surface area contributed by atoms with Crippen LogP contribution in [0, 0.1) is 0 Å². The van der Waals surface area contributed by atoms with Crippen LogP contribution in [0.1, 0.15) is 32.3 Å². The molecule has 1 saturated carbocycles. The maximum atomic E-state index is 12.8. The van der Waals surface area contributed by atoms with E-state index in [1.165, 1.54) is 24.0 Å². The lowest BCUT2D eigenvalue weighted by atomic mass is 10.1. The predicted octanol–water partition coefficient (Wildman–Crippen LogP) is 2.75. The summed E-state index contributed by atoms with van der Waals surface area (Å²) in [7, 11) is 0. The Hall–Kier alpha value is -2.09. The number of hydrogen-bond acceptors (Lipinski definition) is 3. The third-order valence-corrected chi connectivity index (χ3v) is 4.45. The minimum absolute atomic E-state index is 0.0989. The van der Waals surface area contributed by atoms with Crippen molar-refractivity contribution in [3.63, 3.8) is 0 Å². The van der Waals surface area contributed by atoms with E-state index in [0.29, 0.717) is 0 Å². The minimum atomic E-state index is -4.49. The molecule has 0 radical (unpaired) electrons. The molecule has 0 spiro atoms. The van der Waals surface area contributed by atoms with Crippen molar-refractivity contribution >= 4 is 17.5 Å². The molecule has 1 atom stereocenters. The summed E-state index contributed by atoms with van der Waals surface area (Å²) >= 11 is 0. The number of halogens is 3. The van der Waals surface area contributed by atoms with E-state index in [1.807, 2.05) is 6.92 Å². The Morgan fingerprint density at radius 1 is 1.38 bits per heavy atom. The maximum absolute atomic E-state index is 12.8. The van der Waals surface area contributed by atoms with Gasteiger partial charge in [-0.15, -0.1) is 0 Å². The van der Waals surface area contributed by atoms with Crippen molar-refractivity contribution < 1.29 is 27.5 Å². The number of hydrogen-bond donors (Lipinski definition) is 0. The molecule has 0 N–H and O–H groups in total. The van der Waals surface area contributed by atoms with Gasteiger partial charge in [-0.05, 0) is 38.0 Å². The van der Waals surface area contributed by atoms with Gasteiger partial charge in [0.2, 0.25) is 12.1 Å². The summed E-state index contributed by atoms with van der Waals surface area (Å²) in [4.78, 5) is 27.0. The normalized spacial score (nSPS) is 22.6. The van der Waals surface area contributed by atoms with Gasteiger partial charge in [0.15, 0.2) is 0 Å². The molecular formula is C16H17F3N2O3. The molecule has 1 saturated heterocycles. The first-order valence-corrected chi connectivity index (χ1v) is 7.54. The zero-order valence-corrected chi connectivity index (χ0v) is 13.3. The van der Waals surface area contributed by atoms with E-state index < -0.39 is 29.4 Å². The molecule has 1 unspecified atom stereocenters. The number of ether oxygens (including phenoxy) is 1. The third-order valence-electron chi connectivity index (χ3n) is 4.45. The predicted molar refractivity (Wildman–Crippen MR) is 78.8 cm³/mol. The summed E-state index contributed by atoms with van der Waals surface area (Å²) < 4.78 is 44.0. The van der Waals surface area contributed by atoms with E-state index in [1.54, 1.807) is 0 Å². The smallest absolute Gasteiger partial charge is 0.328 e. The largest absolute Gasteiger partial charge is 0.416 e. The molecule has 0 bridgehead atoms. The van der Waals surface area contributed by atoms with Gasteiger partial charge in [0.05, 0.1) is 5.56 Å². The number of anilines is 1. The van der Waals surface area contributed by atoms with E-state index >= 15 is 0 Å². The van der Waals surface area contributed by atoms with Crippen molar-refractivity contribution in [1.29, 1.82) is 0 Å². The molecule has 5 nitrogen and oxygen atoms in total. The van der Waals surface area contributed by atoms with Gasteiger partial charge in [-0.2, -0.15) is 13.2 Å². The fourth-order valence-corrected chi connectivity index (χ4v) is 2.90. The van der Waals surface area contributed by atoms with Crippen LogP contribution < -0.4 is 4.90 Å². The fourth-order valence-electron chi connectivity index (χ4n) is 2.90. The molecule has 2 aliphatic rings. The highest BCUT2D eigenvalue weighted by molar-refractivity contribution is 5.99. The zero-order valence-electron chi connectivity index (χ0n) is 13.3. The second kappa shape index (κ2) is 5.47. The molecule has 1 aromatic rings. The molecule has 2 fully saturated rings. The fraction of sp³-hybridized carbons (Fsp3) is 0.500. The summed E-state index contributed by atoms with van der Waals surface area (Å²) in [6.45, 7) is 3.02. The molecule has 1 heterocycles. The van der Waals surface area contributed by atoms with Crippen LogP contribution in [0.15, 0.2) is 24.3 Å². The second-order valence-electron chi connectivity index (χ2n) is 6.35. The summed E-state index contributed by atoms with van der Waals surface area (Å²) in [5.41, 5.74) is -1.16. The zero-order chi connectivity index (χ0) is 17.7. The number of benzene rings is 1. The van der Waals surface area contributed by atoms with Crippen molar-refractivity contribution in [1.82, 2.24) is 4.90 Å². The van der Waals surface area contributed by atoms with Crippen LogP contribution in [0.4, 0.5) is 18.9 Å². The standard InChI is InChI=1S/C16H17F3N2O3/c1-10(22)21(15(2)6-7-15)14-13(23)20(9-24-14)12-5-3-4-11(8-12)16(17,18)19/h3-5,8,14H,6-7,9H2,1-2H3. The van der Waals surface area contributed by atoms with Gasteiger partial charge in [-0.3, -0.25) is 14.5 Å². The highest BCUT2D eigenvalue weighted by Gasteiger charge is 2.52. The van der Waals surface area contributed by atoms with Crippen molar-refractivity contribution in [2.75, 3.05) is 11.6 Å². The highest BCUT2D eigenvalue weighted by atomic mass is 19.4. The molecule has 24 heavy (non-hydrogen) atoms. The molecule has 1 aliphatic carbocycles. The first-order chi connectivity index (χ1) is 11.1. The Morgan fingerprint density at radius 2 is 2.04 bits per heavy atom. The summed E-state index contributed by atoms with van der Waals surface area (Å²) in [6, 6.07) is 4.50. The number of alkyl halides is 3.